The maximum Gasteiger partial charge on any atom is 0.197 e. The van der Waals surface area contributed by atoms with Gasteiger partial charge in [0.1, 0.15) is 0 Å². The Labute approximate surface area is 78.8 Å². The summed E-state index contributed by atoms with van der Waals surface area (Å²) in [6.07, 6.45) is 2.42. The Morgan fingerprint density at radius 1 is 1.33 bits per heavy atom. The Morgan fingerprint density at radius 2 is 1.83 bits per heavy atom. The number of hydrogen-bond acceptors (Lipinski definition) is 0. The zero-order valence-corrected chi connectivity index (χ0v) is 9.80. The highest BCUT2D eigenvalue weighted by Crippen LogP contribution is 2.67. The van der Waals surface area contributed by atoms with Crippen LogP contribution >= 0.6 is 0 Å². The normalized spacial score (nSPS) is 45.5. The molecule has 12 heavy (non-hydrogen) atoms. The second-order valence-electron chi connectivity index (χ2n) is 5.33. The van der Waals surface area contributed by atoms with Gasteiger partial charge in [-0.1, -0.05) is 20.8 Å². The molecule has 0 spiro atoms. The van der Waals surface area contributed by atoms with Crippen LogP contribution in [0.3, 0.4) is 0 Å². The molecule has 0 radical (unpaired) electrons. The molecule has 0 bridgehead atoms. The maximum absolute atomic E-state index is 2.44. The van der Waals surface area contributed by atoms with Crippen molar-refractivity contribution in [3.05, 3.63) is 11.1 Å². The van der Waals surface area contributed by atoms with Gasteiger partial charge in [-0.3, -0.25) is 0 Å². The molecule has 2 aliphatic rings. The average molecular weight is 183 g/mol. The molecule has 0 aromatic carbocycles. The monoisotopic (exact) mass is 183 g/mol. The third-order valence-electron chi connectivity index (χ3n) is 3.68. The van der Waals surface area contributed by atoms with Crippen LogP contribution in [0.15, 0.2) is 11.1 Å². The highest BCUT2D eigenvalue weighted by molar-refractivity contribution is 8.06. The van der Waals surface area contributed by atoms with E-state index in [0.717, 1.165) is 5.25 Å². The second kappa shape index (κ2) is 1.95. The van der Waals surface area contributed by atoms with Crippen LogP contribution in [0.5, 0.6) is 0 Å². The standard InChI is InChI=1S/C11H19S/c1-7-8(10(2,3)4)9-11(7,5)12(9)6/h9H,1-6H3/q+1. The molecular weight excluding hydrogens is 164 g/mol. The fourth-order valence-corrected chi connectivity index (χ4v) is 5.78. The summed E-state index contributed by atoms with van der Waals surface area (Å²) in [5.41, 5.74) is 3.88. The highest BCUT2D eigenvalue weighted by atomic mass is 32.2. The molecule has 1 fully saturated rings. The lowest BCUT2D eigenvalue weighted by Gasteiger charge is -2.29. The first-order valence-electron chi connectivity index (χ1n) is 4.68. The van der Waals surface area contributed by atoms with E-state index < -0.39 is 0 Å². The smallest absolute Gasteiger partial charge is 0.0562 e. The van der Waals surface area contributed by atoms with Crippen LogP contribution in [-0.4, -0.2) is 16.3 Å². The van der Waals surface area contributed by atoms with E-state index >= 15 is 0 Å². The van der Waals surface area contributed by atoms with Gasteiger partial charge in [0.2, 0.25) is 0 Å². The summed E-state index contributed by atoms with van der Waals surface area (Å²) in [7, 11) is 0.664. The lowest BCUT2D eigenvalue weighted by Crippen LogP contribution is -2.33. The molecule has 1 heteroatoms. The average Bonchev–Trinajstić information content (AvgIpc) is 2.34. The molecule has 1 aliphatic carbocycles. The van der Waals surface area contributed by atoms with Crippen molar-refractivity contribution < 1.29 is 0 Å². The molecule has 3 atom stereocenters. The van der Waals surface area contributed by atoms with Crippen LogP contribution in [0.2, 0.25) is 0 Å². The molecule has 3 unspecified atom stereocenters. The maximum atomic E-state index is 2.44. The predicted molar refractivity (Wildman–Crippen MR) is 57.6 cm³/mol. The van der Waals surface area contributed by atoms with E-state index in [2.05, 4.69) is 40.9 Å². The summed E-state index contributed by atoms with van der Waals surface area (Å²) in [5.74, 6) is 0. The summed E-state index contributed by atoms with van der Waals surface area (Å²) in [6, 6.07) is 0. The first-order chi connectivity index (χ1) is 5.31. The minimum absolute atomic E-state index is 0.423. The molecule has 0 aromatic rings. The Balaban J connectivity index is 2.34. The van der Waals surface area contributed by atoms with Gasteiger partial charge < -0.3 is 0 Å². The minimum atomic E-state index is 0.423. The molecule has 68 valence electrons. The Morgan fingerprint density at radius 3 is 2.00 bits per heavy atom. The van der Waals surface area contributed by atoms with Crippen molar-refractivity contribution in [3.8, 4) is 0 Å². The van der Waals surface area contributed by atoms with Gasteiger partial charge in [0.05, 0.1) is 6.26 Å². The van der Waals surface area contributed by atoms with Gasteiger partial charge in [-0.2, -0.15) is 0 Å². The molecule has 0 nitrogen and oxygen atoms in total. The summed E-state index contributed by atoms with van der Waals surface area (Å²) in [4.78, 5) is 0. The van der Waals surface area contributed by atoms with Gasteiger partial charge in [-0.15, -0.1) is 0 Å². The van der Waals surface area contributed by atoms with Crippen molar-refractivity contribution in [2.24, 2.45) is 5.41 Å². The largest absolute Gasteiger partial charge is 0.197 e. The van der Waals surface area contributed by atoms with Crippen molar-refractivity contribution in [2.75, 3.05) is 6.26 Å². The van der Waals surface area contributed by atoms with E-state index in [9.17, 15) is 0 Å². The zero-order chi connectivity index (χ0) is 9.31. The molecule has 1 saturated heterocycles. The fourth-order valence-electron chi connectivity index (χ4n) is 2.73. The number of hydrogen-bond donors (Lipinski definition) is 0. The van der Waals surface area contributed by atoms with Crippen molar-refractivity contribution >= 4 is 10.9 Å². The van der Waals surface area contributed by atoms with Gasteiger partial charge in [-0.25, -0.2) is 0 Å². The van der Waals surface area contributed by atoms with Crippen LogP contribution < -0.4 is 0 Å². The molecule has 2 rings (SSSR count). The van der Waals surface area contributed by atoms with Crippen LogP contribution in [0.25, 0.3) is 0 Å². The van der Waals surface area contributed by atoms with Crippen molar-refractivity contribution in [2.45, 2.75) is 44.6 Å². The van der Waals surface area contributed by atoms with Crippen LogP contribution in [0.1, 0.15) is 34.6 Å². The Bertz CT molecular complexity index is 269. The van der Waals surface area contributed by atoms with Gasteiger partial charge in [0, 0.05) is 10.9 Å². The van der Waals surface area contributed by atoms with Gasteiger partial charge in [0.25, 0.3) is 0 Å². The lowest BCUT2D eigenvalue weighted by molar-refractivity contribution is 0.450. The molecule has 0 aromatic heterocycles. The Kier molecular flexibility index (Phi) is 1.41. The molecular formula is C11H19S+. The van der Waals surface area contributed by atoms with Crippen LogP contribution in [0, 0.1) is 5.41 Å². The van der Waals surface area contributed by atoms with E-state index in [1.54, 1.807) is 11.1 Å². The summed E-state index contributed by atoms with van der Waals surface area (Å²) < 4.78 is 0.641. The second-order valence-corrected chi connectivity index (χ2v) is 7.77. The van der Waals surface area contributed by atoms with Gasteiger partial charge >= 0.3 is 0 Å². The Hall–Kier alpha value is 0.0900. The van der Waals surface area contributed by atoms with Crippen LogP contribution in [-0.2, 0) is 10.9 Å². The van der Waals surface area contributed by atoms with E-state index in [1.807, 2.05) is 0 Å². The predicted octanol–water partition coefficient (Wildman–Crippen LogP) is 2.75. The third kappa shape index (κ3) is 0.717. The number of fused-ring (bicyclic) bond motifs is 1. The van der Waals surface area contributed by atoms with E-state index in [1.165, 1.54) is 0 Å². The first-order valence-corrected chi connectivity index (χ1v) is 6.37. The minimum Gasteiger partial charge on any atom is -0.0562 e. The first kappa shape index (κ1) is 8.68. The van der Waals surface area contributed by atoms with E-state index in [-0.39, 0.29) is 0 Å². The topological polar surface area (TPSA) is 0 Å². The molecule has 0 saturated carbocycles. The summed E-state index contributed by atoms with van der Waals surface area (Å²) in [6.45, 7) is 11.8. The zero-order valence-electron chi connectivity index (χ0n) is 8.99. The highest BCUT2D eigenvalue weighted by Gasteiger charge is 2.82. The van der Waals surface area contributed by atoms with Crippen molar-refractivity contribution in [1.29, 1.82) is 0 Å². The third-order valence-corrected chi connectivity index (χ3v) is 6.72. The molecule has 0 N–H and O–H groups in total. The molecule has 1 aliphatic heterocycles. The van der Waals surface area contributed by atoms with Gasteiger partial charge in [-0.05, 0) is 30.4 Å². The van der Waals surface area contributed by atoms with Gasteiger partial charge in [0.15, 0.2) is 10.00 Å². The number of rotatable bonds is 0. The van der Waals surface area contributed by atoms with Crippen molar-refractivity contribution in [3.63, 3.8) is 0 Å². The SMILES string of the molecule is CC1=C(C(C)(C)C)C2[S+](C)C12C. The summed E-state index contributed by atoms with van der Waals surface area (Å²) in [5, 5.41) is 0.956. The van der Waals surface area contributed by atoms with Crippen molar-refractivity contribution in [1.82, 2.24) is 0 Å². The molecule has 0 amide bonds. The fraction of sp³-hybridized carbons (Fsp3) is 0.818. The van der Waals surface area contributed by atoms with E-state index in [4.69, 9.17) is 0 Å². The quantitative estimate of drug-likeness (QED) is 0.308. The summed E-state index contributed by atoms with van der Waals surface area (Å²) >= 11 is 0. The van der Waals surface area contributed by atoms with Crippen LogP contribution in [0.4, 0.5) is 0 Å². The molecule has 1 heterocycles. The van der Waals surface area contributed by atoms with E-state index in [0.29, 0.717) is 21.1 Å². The lowest BCUT2D eigenvalue weighted by atomic mass is 9.68.